The Bertz CT molecular complexity index is 435. The molecule has 0 spiro atoms. The second-order valence-electron chi connectivity index (χ2n) is 4.59. The van der Waals surface area contributed by atoms with Gasteiger partial charge in [-0.15, -0.1) is 0 Å². The molecular weight excluding hydrogens is 296 g/mol. The van der Waals surface area contributed by atoms with Crippen molar-refractivity contribution in [3.8, 4) is 0 Å². The zero-order valence-electron chi connectivity index (χ0n) is 10.1. The summed E-state index contributed by atoms with van der Waals surface area (Å²) in [4.78, 5) is 21.7. The monoisotopic (exact) mass is 310 g/mol. The number of aldehydes is 1. The molecule has 1 aromatic rings. The van der Waals surface area contributed by atoms with Crippen LogP contribution in [0.2, 0.25) is 0 Å². The Morgan fingerprint density at radius 1 is 1.39 bits per heavy atom. The molecular formula is C14H15BrO3. The molecule has 1 fully saturated rings. The molecule has 0 heterocycles. The van der Waals surface area contributed by atoms with E-state index in [-0.39, 0.29) is 16.7 Å². The summed E-state index contributed by atoms with van der Waals surface area (Å²) < 4.78 is 4.72. The van der Waals surface area contributed by atoms with Gasteiger partial charge in [0.25, 0.3) is 0 Å². The number of methoxy groups -OCH3 is 1. The number of esters is 1. The van der Waals surface area contributed by atoms with Crippen LogP contribution in [0, 0.1) is 5.92 Å². The van der Waals surface area contributed by atoms with E-state index >= 15 is 0 Å². The van der Waals surface area contributed by atoms with Gasteiger partial charge >= 0.3 is 5.97 Å². The van der Waals surface area contributed by atoms with Crippen molar-refractivity contribution in [2.75, 3.05) is 7.11 Å². The third kappa shape index (κ3) is 2.64. The molecule has 1 atom stereocenters. The fourth-order valence-corrected chi connectivity index (χ4v) is 2.58. The van der Waals surface area contributed by atoms with Gasteiger partial charge in [0, 0.05) is 0 Å². The molecule has 2 rings (SSSR count). The van der Waals surface area contributed by atoms with Crippen molar-refractivity contribution in [3.63, 3.8) is 0 Å². The molecule has 0 N–H and O–H groups in total. The van der Waals surface area contributed by atoms with Crippen LogP contribution in [0.15, 0.2) is 24.3 Å². The lowest BCUT2D eigenvalue weighted by molar-refractivity contribution is -0.148. The van der Waals surface area contributed by atoms with Crippen LogP contribution in [0.25, 0.3) is 0 Å². The van der Waals surface area contributed by atoms with Crippen molar-refractivity contribution in [1.82, 2.24) is 0 Å². The van der Waals surface area contributed by atoms with Crippen LogP contribution < -0.4 is 0 Å². The zero-order valence-corrected chi connectivity index (χ0v) is 11.7. The van der Waals surface area contributed by atoms with E-state index in [0.717, 1.165) is 24.7 Å². The molecule has 0 amide bonds. The number of carbonyl (C=O) groups excluding carboxylic acids is 2. The maximum absolute atomic E-state index is 11.3. The van der Waals surface area contributed by atoms with Gasteiger partial charge < -0.3 is 9.53 Å². The molecule has 0 aromatic heterocycles. The summed E-state index contributed by atoms with van der Waals surface area (Å²) in [6.45, 7) is 0. The second-order valence-corrected chi connectivity index (χ2v) is 5.58. The summed E-state index contributed by atoms with van der Waals surface area (Å²) in [5, 5.41) is 0. The number of ether oxygens (including phenoxy) is 1. The van der Waals surface area contributed by atoms with Crippen LogP contribution in [0.1, 0.15) is 34.7 Å². The molecule has 1 aliphatic carbocycles. The average molecular weight is 311 g/mol. The highest BCUT2D eigenvalue weighted by atomic mass is 79.9. The number of rotatable bonds is 4. The highest BCUT2D eigenvalue weighted by molar-refractivity contribution is 9.09. The fourth-order valence-electron chi connectivity index (χ4n) is 2.28. The van der Waals surface area contributed by atoms with Crippen molar-refractivity contribution in [2.24, 2.45) is 5.92 Å². The van der Waals surface area contributed by atoms with Crippen LogP contribution in [0.5, 0.6) is 0 Å². The Balaban J connectivity index is 1.96. The number of benzene rings is 1. The normalized spacial score (nSPS) is 23.9. The molecule has 0 saturated heterocycles. The number of hydrogen-bond donors (Lipinski definition) is 0. The van der Waals surface area contributed by atoms with Gasteiger partial charge in [-0.25, -0.2) is 0 Å². The summed E-state index contributed by atoms with van der Waals surface area (Å²) >= 11 is 3.29. The standard InChI is InChI=1S/C14H15BrO3/c1-18-14(17)12-6-11(7-12)9-2-4-10(5-3-9)13(15)8-16/h2-5,8,11-13H,6-7H2,1H3. The van der Waals surface area contributed by atoms with Crippen LogP contribution in [0.4, 0.5) is 0 Å². The van der Waals surface area contributed by atoms with Gasteiger partial charge in [-0.3, -0.25) is 4.79 Å². The van der Waals surface area contributed by atoms with Gasteiger partial charge in [-0.2, -0.15) is 0 Å². The number of carbonyl (C=O) groups is 2. The Kier molecular flexibility index (Phi) is 4.17. The topological polar surface area (TPSA) is 43.4 Å². The lowest BCUT2D eigenvalue weighted by Crippen LogP contribution is -2.29. The summed E-state index contributed by atoms with van der Waals surface area (Å²) in [6, 6.07) is 7.97. The lowest BCUT2D eigenvalue weighted by Gasteiger charge is -2.33. The second kappa shape index (κ2) is 5.65. The van der Waals surface area contributed by atoms with E-state index in [9.17, 15) is 9.59 Å². The third-order valence-electron chi connectivity index (χ3n) is 3.52. The van der Waals surface area contributed by atoms with E-state index in [2.05, 4.69) is 15.9 Å². The highest BCUT2D eigenvalue weighted by Gasteiger charge is 2.35. The molecule has 1 aromatic carbocycles. The molecule has 0 bridgehead atoms. The Labute approximate surface area is 115 Å². The molecule has 1 saturated carbocycles. The van der Waals surface area contributed by atoms with Crippen LogP contribution in [-0.4, -0.2) is 19.4 Å². The first kappa shape index (κ1) is 13.3. The van der Waals surface area contributed by atoms with Crippen molar-refractivity contribution in [2.45, 2.75) is 23.6 Å². The van der Waals surface area contributed by atoms with Gasteiger partial charge in [-0.1, -0.05) is 40.2 Å². The fraction of sp³-hybridized carbons (Fsp3) is 0.429. The minimum atomic E-state index is -0.240. The maximum atomic E-state index is 11.3. The van der Waals surface area contributed by atoms with Crippen LogP contribution in [0.3, 0.4) is 0 Å². The van der Waals surface area contributed by atoms with Crippen molar-refractivity contribution in [3.05, 3.63) is 35.4 Å². The molecule has 0 radical (unpaired) electrons. The maximum Gasteiger partial charge on any atom is 0.308 e. The van der Waals surface area contributed by atoms with Gasteiger partial charge in [0.2, 0.25) is 0 Å². The Morgan fingerprint density at radius 2 is 2.00 bits per heavy atom. The largest absolute Gasteiger partial charge is 0.469 e. The predicted octanol–water partition coefficient (Wildman–Crippen LogP) is 2.99. The van der Waals surface area contributed by atoms with Crippen molar-refractivity contribution in [1.29, 1.82) is 0 Å². The van der Waals surface area contributed by atoms with Crippen LogP contribution in [-0.2, 0) is 14.3 Å². The first-order valence-corrected chi connectivity index (χ1v) is 6.84. The number of alkyl halides is 1. The average Bonchev–Trinajstić information content (AvgIpc) is 2.36. The summed E-state index contributed by atoms with van der Waals surface area (Å²) in [5.41, 5.74) is 2.18. The summed E-state index contributed by atoms with van der Waals surface area (Å²) in [5.74, 6) is 0.385. The van der Waals surface area contributed by atoms with E-state index in [1.165, 1.54) is 12.7 Å². The highest BCUT2D eigenvalue weighted by Crippen LogP contribution is 2.42. The lowest BCUT2D eigenvalue weighted by atomic mass is 9.71. The third-order valence-corrected chi connectivity index (χ3v) is 4.26. The molecule has 96 valence electrons. The minimum Gasteiger partial charge on any atom is -0.469 e. The van der Waals surface area contributed by atoms with Gasteiger partial charge in [0.15, 0.2) is 0 Å². The first-order valence-electron chi connectivity index (χ1n) is 5.92. The minimum absolute atomic E-state index is 0.0542. The van der Waals surface area contributed by atoms with E-state index in [1.807, 2.05) is 24.3 Å². The van der Waals surface area contributed by atoms with E-state index < -0.39 is 0 Å². The van der Waals surface area contributed by atoms with Gasteiger partial charge in [0.1, 0.15) is 6.29 Å². The Morgan fingerprint density at radius 3 is 2.50 bits per heavy atom. The molecule has 3 nitrogen and oxygen atoms in total. The molecule has 1 unspecified atom stereocenters. The Hall–Kier alpha value is -1.16. The smallest absolute Gasteiger partial charge is 0.308 e. The SMILES string of the molecule is COC(=O)C1CC(c2ccc(C(Br)C=O)cc2)C1. The van der Waals surface area contributed by atoms with E-state index in [1.54, 1.807) is 0 Å². The quantitative estimate of drug-likeness (QED) is 0.488. The van der Waals surface area contributed by atoms with E-state index in [4.69, 9.17) is 4.74 Å². The van der Waals surface area contributed by atoms with Gasteiger partial charge in [-0.05, 0) is 29.9 Å². The molecule has 4 heteroatoms. The summed E-state index contributed by atoms with van der Waals surface area (Å²) in [6.07, 6.45) is 2.58. The predicted molar refractivity (Wildman–Crippen MR) is 71.7 cm³/mol. The van der Waals surface area contributed by atoms with E-state index in [0.29, 0.717) is 5.92 Å². The molecule has 18 heavy (non-hydrogen) atoms. The first-order chi connectivity index (χ1) is 8.65. The number of halogens is 1. The van der Waals surface area contributed by atoms with Crippen molar-refractivity contribution >= 4 is 28.2 Å². The van der Waals surface area contributed by atoms with Gasteiger partial charge in [0.05, 0.1) is 17.9 Å². The van der Waals surface area contributed by atoms with Crippen molar-refractivity contribution < 1.29 is 14.3 Å². The van der Waals surface area contributed by atoms with Crippen LogP contribution >= 0.6 is 15.9 Å². The molecule has 0 aliphatic heterocycles. The molecule has 1 aliphatic rings. The number of hydrogen-bond acceptors (Lipinski definition) is 3. The summed E-state index contributed by atoms with van der Waals surface area (Å²) in [7, 11) is 1.43. The zero-order chi connectivity index (χ0) is 13.1.